The maximum absolute atomic E-state index is 5.47. The van der Waals surface area contributed by atoms with Crippen LogP contribution in [0.15, 0.2) is 30.6 Å². The molecular weight excluding hydrogens is 202 g/mol. The Hall–Kier alpha value is -2.10. The second-order valence-corrected chi connectivity index (χ2v) is 3.51. The van der Waals surface area contributed by atoms with E-state index in [1.54, 1.807) is 0 Å². The topological polar surface area (TPSA) is 50.8 Å². The lowest BCUT2D eigenvalue weighted by Gasteiger charge is -2.01. The van der Waals surface area contributed by atoms with Gasteiger partial charge in [0.25, 0.3) is 0 Å². The van der Waals surface area contributed by atoms with Crippen LogP contribution >= 0.6 is 0 Å². The fraction of sp³-hybridized carbons (Fsp3) is 0.167. The Labute approximate surface area is 92.3 Å². The van der Waals surface area contributed by atoms with Gasteiger partial charge in [0.1, 0.15) is 17.4 Å². The summed E-state index contributed by atoms with van der Waals surface area (Å²) < 4.78 is 5.47. The van der Waals surface area contributed by atoms with E-state index in [0.717, 1.165) is 21.9 Å². The first-order valence-corrected chi connectivity index (χ1v) is 5.24. The predicted octanol–water partition coefficient (Wildman–Crippen LogP) is 2.51. The summed E-state index contributed by atoms with van der Waals surface area (Å²) in [5.41, 5.74) is 2.83. The van der Waals surface area contributed by atoms with E-state index in [0.29, 0.717) is 12.5 Å². The first-order chi connectivity index (χ1) is 7.90. The van der Waals surface area contributed by atoms with Crippen molar-refractivity contribution >= 4 is 21.9 Å². The van der Waals surface area contributed by atoms with Crippen molar-refractivity contribution in [3.8, 4) is 5.88 Å². The minimum Gasteiger partial charge on any atom is -0.476 e. The number of hydrogen-bond donors (Lipinski definition) is 1. The number of hydrogen-bond acceptors (Lipinski definition) is 3. The molecule has 4 nitrogen and oxygen atoms in total. The fourth-order valence-corrected chi connectivity index (χ4v) is 1.87. The van der Waals surface area contributed by atoms with Crippen molar-refractivity contribution in [2.75, 3.05) is 6.61 Å². The Kier molecular flexibility index (Phi) is 1.99. The van der Waals surface area contributed by atoms with Crippen LogP contribution in [-0.4, -0.2) is 21.6 Å². The van der Waals surface area contributed by atoms with Crippen molar-refractivity contribution in [1.29, 1.82) is 0 Å². The van der Waals surface area contributed by atoms with E-state index in [1.807, 2.05) is 31.2 Å². The molecule has 3 aromatic rings. The molecule has 0 aliphatic rings. The highest BCUT2D eigenvalue weighted by Gasteiger charge is 2.10. The summed E-state index contributed by atoms with van der Waals surface area (Å²) in [4.78, 5) is 11.7. The molecule has 0 saturated carbocycles. The monoisotopic (exact) mass is 213 g/mol. The molecule has 1 N–H and O–H groups in total. The van der Waals surface area contributed by atoms with E-state index >= 15 is 0 Å². The van der Waals surface area contributed by atoms with Crippen molar-refractivity contribution in [2.45, 2.75) is 6.92 Å². The largest absolute Gasteiger partial charge is 0.476 e. The van der Waals surface area contributed by atoms with Gasteiger partial charge >= 0.3 is 0 Å². The van der Waals surface area contributed by atoms with Gasteiger partial charge in [-0.25, -0.2) is 4.98 Å². The maximum Gasteiger partial charge on any atom is 0.241 e. The van der Waals surface area contributed by atoms with Gasteiger partial charge in [0.15, 0.2) is 0 Å². The van der Waals surface area contributed by atoms with Crippen molar-refractivity contribution in [2.24, 2.45) is 0 Å². The van der Waals surface area contributed by atoms with E-state index in [2.05, 4.69) is 15.0 Å². The fourth-order valence-electron chi connectivity index (χ4n) is 1.87. The summed E-state index contributed by atoms with van der Waals surface area (Å²) in [7, 11) is 0. The molecule has 0 bridgehead atoms. The van der Waals surface area contributed by atoms with E-state index in [9.17, 15) is 0 Å². The highest BCUT2D eigenvalue weighted by molar-refractivity contribution is 6.06. The lowest BCUT2D eigenvalue weighted by atomic mass is 10.2. The minimum atomic E-state index is 0.599. The molecule has 2 aromatic heterocycles. The third-order valence-corrected chi connectivity index (χ3v) is 2.54. The van der Waals surface area contributed by atoms with Crippen LogP contribution in [0.4, 0.5) is 0 Å². The first-order valence-electron chi connectivity index (χ1n) is 5.24. The molecule has 0 saturated heterocycles. The van der Waals surface area contributed by atoms with Crippen molar-refractivity contribution in [1.82, 2.24) is 15.0 Å². The molecular formula is C12H11N3O. The Balaban J connectivity index is 2.39. The van der Waals surface area contributed by atoms with Crippen LogP contribution in [0.5, 0.6) is 5.88 Å². The zero-order valence-corrected chi connectivity index (χ0v) is 8.90. The molecule has 0 radical (unpaired) electrons. The van der Waals surface area contributed by atoms with Gasteiger partial charge in [0.2, 0.25) is 5.88 Å². The first kappa shape index (κ1) is 9.15. The van der Waals surface area contributed by atoms with E-state index in [4.69, 9.17) is 4.74 Å². The molecule has 0 atom stereocenters. The van der Waals surface area contributed by atoms with Gasteiger partial charge in [-0.15, -0.1) is 0 Å². The zero-order chi connectivity index (χ0) is 11.0. The number of nitrogens with zero attached hydrogens (tertiary/aromatic N) is 2. The van der Waals surface area contributed by atoms with Crippen LogP contribution in [0, 0.1) is 0 Å². The second kappa shape index (κ2) is 3.48. The second-order valence-electron chi connectivity index (χ2n) is 3.51. The van der Waals surface area contributed by atoms with Crippen LogP contribution in [0.25, 0.3) is 21.9 Å². The normalized spacial score (nSPS) is 11.1. The summed E-state index contributed by atoms with van der Waals surface area (Å²) in [6.45, 7) is 2.54. The number of nitrogens with one attached hydrogen (secondary N) is 1. The van der Waals surface area contributed by atoms with Crippen LogP contribution in [0.2, 0.25) is 0 Å². The van der Waals surface area contributed by atoms with E-state index in [-0.39, 0.29) is 0 Å². The number of aromatic amines is 1. The van der Waals surface area contributed by atoms with Gasteiger partial charge in [-0.05, 0) is 13.0 Å². The standard InChI is InChI=1S/C12H11N3O/c1-2-16-12-11-10(13-7-14-12)8-5-3-4-6-9(8)15-11/h3-7,15H,2H2,1H3. The summed E-state index contributed by atoms with van der Waals surface area (Å²) >= 11 is 0. The van der Waals surface area contributed by atoms with Gasteiger partial charge in [-0.2, -0.15) is 4.98 Å². The summed E-state index contributed by atoms with van der Waals surface area (Å²) in [5, 5.41) is 1.10. The quantitative estimate of drug-likeness (QED) is 0.711. The summed E-state index contributed by atoms with van der Waals surface area (Å²) in [6.07, 6.45) is 1.54. The van der Waals surface area contributed by atoms with Crippen molar-refractivity contribution in [3.05, 3.63) is 30.6 Å². The van der Waals surface area contributed by atoms with E-state index < -0.39 is 0 Å². The Bertz CT molecular complexity index is 645. The Morgan fingerprint density at radius 3 is 3.00 bits per heavy atom. The van der Waals surface area contributed by atoms with Crippen LogP contribution < -0.4 is 4.74 Å². The molecule has 0 aliphatic heterocycles. The van der Waals surface area contributed by atoms with Gasteiger partial charge in [-0.1, -0.05) is 18.2 Å². The van der Waals surface area contributed by atoms with Gasteiger partial charge in [0, 0.05) is 10.9 Å². The SMILES string of the molecule is CCOc1ncnc2c1[nH]c1ccccc12. The number of fused-ring (bicyclic) bond motifs is 3. The number of aromatic nitrogens is 3. The molecule has 80 valence electrons. The number of rotatable bonds is 2. The number of H-pyrrole nitrogens is 1. The van der Waals surface area contributed by atoms with E-state index in [1.165, 1.54) is 6.33 Å². The molecule has 2 heterocycles. The lowest BCUT2D eigenvalue weighted by molar-refractivity contribution is 0.330. The maximum atomic E-state index is 5.47. The minimum absolute atomic E-state index is 0.599. The zero-order valence-electron chi connectivity index (χ0n) is 8.90. The third kappa shape index (κ3) is 1.23. The summed E-state index contributed by atoms with van der Waals surface area (Å²) in [5.74, 6) is 0.615. The molecule has 3 rings (SSSR count). The molecule has 0 amide bonds. The van der Waals surface area contributed by atoms with Crippen molar-refractivity contribution in [3.63, 3.8) is 0 Å². The smallest absolute Gasteiger partial charge is 0.241 e. The van der Waals surface area contributed by atoms with Gasteiger partial charge in [0.05, 0.1) is 6.61 Å². The molecule has 0 fully saturated rings. The highest BCUT2D eigenvalue weighted by Crippen LogP contribution is 2.27. The molecule has 0 aliphatic carbocycles. The number of ether oxygens (including phenoxy) is 1. The number of para-hydroxylation sites is 1. The van der Waals surface area contributed by atoms with Crippen LogP contribution in [-0.2, 0) is 0 Å². The summed E-state index contributed by atoms with van der Waals surface area (Å²) in [6, 6.07) is 8.05. The predicted molar refractivity (Wildman–Crippen MR) is 62.6 cm³/mol. The molecule has 1 aromatic carbocycles. The highest BCUT2D eigenvalue weighted by atomic mass is 16.5. The van der Waals surface area contributed by atoms with Crippen LogP contribution in [0.1, 0.15) is 6.92 Å². The average Bonchev–Trinajstić information content (AvgIpc) is 2.69. The van der Waals surface area contributed by atoms with Gasteiger partial charge in [-0.3, -0.25) is 0 Å². The van der Waals surface area contributed by atoms with Gasteiger partial charge < -0.3 is 9.72 Å². The molecule has 16 heavy (non-hydrogen) atoms. The third-order valence-electron chi connectivity index (χ3n) is 2.54. The lowest BCUT2D eigenvalue weighted by Crippen LogP contribution is -1.95. The number of benzene rings is 1. The molecule has 0 spiro atoms. The Morgan fingerprint density at radius 2 is 2.12 bits per heavy atom. The Morgan fingerprint density at radius 1 is 1.25 bits per heavy atom. The van der Waals surface area contributed by atoms with Crippen LogP contribution in [0.3, 0.4) is 0 Å². The van der Waals surface area contributed by atoms with Crippen molar-refractivity contribution < 1.29 is 4.74 Å². The molecule has 0 unspecified atom stereocenters. The average molecular weight is 213 g/mol. The molecule has 4 heteroatoms.